The SMILES string of the molecule is CC(CC(N)=O)C(=O)N1CC[C@@H]2[C@@H](NC(=O)c3[nH]c4ccc(F)cc4c3Cl)[C@@H]21. The number of fused-ring (bicyclic) bond motifs is 2. The maximum Gasteiger partial charge on any atom is 0.269 e. The molecule has 1 aliphatic heterocycles. The Morgan fingerprint density at radius 2 is 2.18 bits per heavy atom. The molecule has 2 fully saturated rings. The number of amides is 3. The molecule has 1 unspecified atom stereocenters. The van der Waals surface area contributed by atoms with E-state index in [0.717, 1.165) is 6.42 Å². The minimum atomic E-state index is -0.512. The first-order valence-corrected chi connectivity index (χ1v) is 9.52. The van der Waals surface area contributed by atoms with E-state index in [-0.39, 0.29) is 41.0 Å². The van der Waals surface area contributed by atoms with Gasteiger partial charge in [0, 0.05) is 35.7 Å². The zero-order valence-corrected chi connectivity index (χ0v) is 15.9. The van der Waals surface area contributed by atoms with Crippen LogP contribution in [-0.2, 0) is 9.59 Å². The Bertz CT molecular complexity index is 991. The minimum absolute atomic E-state index is 0.00494. The van der Waals surface area contributed by atoms with Crippen LogP contribution < -0.4 is 11.1 Å². The van der Waals surface area contributed by atoms with Crippen molar-refractivity contribution in [2.75, 3.05) is 6.54 Å². The van der Waals surface area contributed by atoms with Gasteiger partial charge < -0.3 is 20.9 Å². The lowest BCUT2D eigenvalue weighted by Crippen LogP contribution is -2.41. The zero-order chi connectivity index (χ0) is 20.2. The molecule has 0 bridgehead atoms. The van der Waals surface area contributed by atoms with E-state index in [1.807, 2.05) is 0 Å². The van der Waals surface area contributed by atoms with Gasteiger partial charge in [0.05, 0.1) is 17.1 Å². The Morgan fingerprint density at radius 1 is 1.43 bits per heavy atom. The Balaban J connectivity index is 1.45. The molecule has 28 heavy (non-hydrogen) atoms. The summed E-state index contributed by atoms with van der Waals surface area (Å²) in [5.41, 5.74) is 5.93. The normalized spacial score (nSPS) is 24.1. The average Bonchev–Trinajstić information content (AvgIpc) is 2.99. The third-order valence-corrected chi connectivity index (χ3v) is 6.02. The third-order valence-electron chi connectivity index (χ3n) is 5.62. The smallest absolute Gasteiger partial charge is 0.269 e. The Kier molecular flexibility index (Phi) is 4.53. The van der Waals surface area contributed by atoms with Gasteiger partial charge in [-0.3, -0.25) is 14.4 Å². The maximum atomic E-state index is 13.4. The van der Waals surface area contributed by atoms with E-state index in [1.165, 1.54) is 18.2 Å². The molecule has 4 atom stereocenters. The van der Waals surface area contributed by atoms with Crippen LogP contribution in [0.15, 0.2) is 18.2 Å². The number of likely N-dealkylation sites (tertiary alicyclic amines) is 1. The largest absolute Gasteiger partial charge is 0.370 e. The maximum absolute atomic E-state index is 13.4. The van der Waals surface area contributed by atoms with Gasteiger partial charge in [0.2, 0.25) is 11.8 Å². The van der Waals surface area contributed by atoms with Crippen molar-refractivity contribution < 1.29 is 18.8 Å². The van der Waals surface area contributed by atoms with Gasteiger partial charge in [-0.2, -0.15) is 0 Å². The lowest BCUT2D eigenvalue weighted by molar-refractivity contribution is -0.137. The van der Waals surface area contributed by atoms with Gasteiger partial charge in [-0.25, -0.2) is 4.39 Å². The molecule has 1 saturated carbocycles. The molecular formula is C19H20ClFN4O3. The molecule has 148 valence electrons. The van der Waals surface area contributed by atoms with Gasteiger partial charge in [-0.15, -0.1) is 0 Å². The summed E-state index contributed by atoms with van der Waals surface area (Å²) in [7, 11) is 0. The quantitative estimate of drug-likeness (QED) is 0.704. The lowest BCUT2D eigenvalue weighted by Gasteiger charge is -2.23. The summed E-state index contributed by atoms with van der Waals surface area (Å²) in [5, 5.41) is 3.53. The third kappa shape index (κ3) is 3.11. The Labute approximate surface area is 165 Å². The van der Waals surface area contributed by atoms with E-state index in [1.54, 1.807) is 11.8 Å². The number of benzene rings is 1. The number of nitrogens with zero attached hydrogens (tertiary/aromatic N) is 1. The first-order chi connectivity index (χ1) is 13.3. The van der Waals surface area contributed by atoms with Crippen LogP contribution in [0.25, 0.3) is 10.9 Å². The van der Waals surface area contributed by atoms with Crippen molar-refractivity contribution >= 4 is 40.2 Å². The highest BCUT2D eigenvalue weighted by Gasteiger charge is 2.59. The van der Waals surface area contributed by atoms with Crippen molar-refractivity contribution in [2.45, 2.75) is 31.8 Å². The molecule has 4 rings (SSSR count). The summed E-state index contributed by atoms with van der Waals surface area (Å²) < 4.78 is 13.4. The van der Waals surface area contributed by atoms with Crippen molar-refractivity contribution in [1.29, 1.82) is 0 Å². The summed E-state index contributed by atoms with van der Waals surface area (Å²) in [4.78, 5) is 41.0. The van der Waals surface area contributed by atoms with Crippen LogP contribution in [0.3, 0.4) is 0 Å². The molecule has 3 amide bonds. The summed E-state index contributed by atoms with van der Waals surface area (Å²) in [5.74, 6) is -1.75. The Hall–Kier alpha value is -2.61. The molecule has 1 aliphatic carbocycles. The number of aromatic amines is 1. The monoisotopic (exact) mass is 406 g/mol. The van der Waals surface area contributed by atoms with Crippen LogP contribution in [0, 0.1) is 17.7 Å². The predicted octanol–water partition coefficient (Wildman–Crippen LogP) is 1.80. The van der Waals surface area contributed by atoms with Crippen LogP contribution >= 0.6 is 11.6 Å². The molecule has 1 aromatic heterocycles. The molecule has 1 saturated heterocycles. The molecule has 0 spiro atoms. The van der Waals surface area contributed by atoms with Crippen molar-refractivity contribution in [3.05, 3.63) is 34.7 Å². The molecule has 2 heterocycles. The van der Waals surface area contributed by atoms with Gasteiger partial charge in [-0.05, 0) is 24.6 Å². The van der Waals surface area contributed by atoms with Crippen LogP contribution in [0.2, 0.25) is 5.02 Å². The number of halogens is 2. The minimum Gasteiger partial charge on any atom is -0.370 e. The molecular weight excluding hydrogens is 387 g/mol. The van der Waals surface area contributed by atoms with E-state index < -0.39 is 23.5 Å². The number of aromatic nitrogens is 1. The van der Waals surface area contributed by atoms with Gasteiger partial charge in [0.1, 0.15) is 11.5 Å². The number of rotatable bonds is 5. The number of carbonyl (C=O) groups is 3. The van der Waals surface area contributed by atoms with Gasteiger partial charge in [0.25, 0.3) is 5.91 Å². The second-order valence-electron chi connectivity index (χ2n) is 7.55. The number of nitrogens with one attached hydrogen (secondary N) is 2. The highest BCUT2D eigenvalue weighted by atomic mass is 35.5. The molecule has 2 aliphatic rings. The van der Waals surface area contributed by atoms with Gasteiger partial charge >= 0.3 is 0 Å². The predicted molar refractivity (Wildman–Crippen MR) is 101 cm³/mol. The summed E-state index contributed by atoms with van der Waals surface area (Å²) >= 11 is 6.25. The standard InChI is InChI=1S/C19H20ClFN4O3/c1-8(6-13(22)26)19(28)25-5-4-10-15(17(10)25)24-18(27)16-14(20)11-7-9(21)2-3-12(11)23-16/h2-3,7-8,10,15,17,23H,4-6H2,1H3,(H2,22,26)(H,24,27)/t8?,10-,15-,17-/m1/s1. The lowest BCUT2D eigenvalue weighted by atomic mass is 10.1. The molecule has 9 heteroatoms. The number of carbonyl (C=O) groups excluding carboxylic acids is 3. The second-order valence-corrected chi connectivity index (χ2v) is 7.93. The van der Waals surface area contributed by atoms with E-state index in [0.29, 0.717) is 17.4 Å². The van der Waals surface area contributed by atoms with Crippen LogP contribution in [0.4, 0.5) is 4.39 Å². The molecule has 1 aromatic carbocycles. The fourth-order valence-electron chi connectivity index (χ4n) is 4.20. The first-order valence-electron chi connectivity index (χ1n) is 9.14. The number of primary amides is 1. The van der Waals surface area contributed by atoms with Crippen LogP contribution in [0.1, 0.15) is 30.3 Å². The van der Waals surface area contributed by atoms with Crippen molar-refractivity contribution in [3.8, 4) is 0 Å². The molecule has 0 radical (unpaired) electrons. The Morgan fingerprint density at radius 3 is 2.89 bits per heavy atom. The van der Waals surface area contributed by atoms with Crippen LogP contribution in [-0.4, -0.2) is 46.2 Å². The van der Waals surface area contributed by atoms with Crippen molar-refractivity contribution in [2.24, 2.45) is 17.6 Å². The summed E-state index contributed by atoms with van der Waals surface area (Å²) in [6, 6.07) is 3.85. The number of H-pyrrole nitrogens is 1. The fraction of sp³-hybridized carbons (Fsp3) is 0.421. The highest BCUT2D eigenvalue weighted by molar-refractivity contribution is 6.38. The van der Waals surface area contributed by atoms with E-state index in [4.69, 9.17) is 17.3 Å². The highest BCUT2D eigenvalue weighted by Crippen LogP contribution is 2.45. The molecule has 2 aromatic rings. The van der Waals surface area contributed by atoms with Gasteiger partial charge in [0.15, 0.2) is 0 Å². The van der Waals surface area contributed by atoms with E-state index in [9.17, 15) is 18.8 Å². The zero-order valence-electron chi connectivity index (χ0n) is 15.2. The molecule has 4 N–H and O–H groups in total. The van der Waals surface area contributed by atoms with E-state index in [2.05, 4.69) is 10.3 Å². The number of hydrogen-bond acceptors (Lipinski definition) is 3. The summed E-state index contributed by atoms with van der Waals surface area (Å²) in [6.45, 7) is 2.29. The average molecular weight is 407 g/mol. The first kappa shape index (κ1) is 18.7. The van der Waals surface area contributed by atoms with Crippen LogP contribution in [0.5, 0.6) is 0 Å². The fourth-order valence-corrected chi connectivity index (χ4v) is 4.49. The van der Waals surface area contributed by atoms with Crippen molar-refractivity contribution in [3.63, 3.8) is 0 Å². The number of hydrogen-bond donors (Lipinski definition) is 3. The van der Waals surface area contributed by atoms with Gasteiger partial charge in [-0.1, -0.05) is 18.5 Å². The molecule has 7 nitrogen and oxygen atoms in total. The van der Waals surface area contributed by atoms with E-state index >= 15 is 0 Å². The second kappa shape index (κ2) is 6.77. The van der Waals surface area contributed by atoms with Crippen molar-refractivity contribution in [1.82, 2.24) is 15.2 Å². The number of piperidine rings is 1. The summed E-state index contributed by atoms with van der Waals surface area (Å²) in [6.07, 6.45) is 0.793. The number of nitrogens with two attached hydrogens (primary N) is 1. The topological polar surface area (TPSA) is 108 Å².